The van der Waals surface area contributed by atoms with Crippen LogP contribution in [0.15, 0.2) is 43.0 Å². The van der Waals surface area contributed by atoms with Crippen LogP contribution in [0.4, 0.5) is 16.6 Å². The minimum absolute atomic E-state index is 0. The van der Waals surface area contributed by atoms with Gasteiger partial charge in [-0.3, -0.25) is 23.6 Å². The second-order valence-electron chi connectivity index (χ2n) is 10.9. The molecule has 236 valence electrons. The third-order valence-corrected chi connectivity index (χ3v) is 8.03. The minimum Gasteiger partial charge on any atom is -0.477 e. The van der Waals surface area contributed by atoms with E-state index in [0.29, 0.717) is 35.3 Å². The Labute approximate surface area is 255 Å². The SMILES string of the molecule is CCOc1cncc(-c2ccc(NC(=O)C3(c4ccnc(NS(O)(O)CC)n4)CCN(C(=O)OC(C)(C)C)CC3)nc2)n1.[HH].[HH]. The highest BCUT2D eigenvalue weighted by Crippen LogP contribution is 2.39. The Balaban J connectivity index is 0.00000353. The molecule has 14 nitrogen and oxygen atoms in total. The zero-order chi connectivity index (χ0) is 31.3. The van der Waals surface area contributed by atoms with Gasteiger partial charge in [-0.15, -0.1) is 10.8 Å². The average molecular weight is 619 g/mol. The highest BCUT2D eigenvalue weighted by molar-refractivity contribution is 8.25. The third kappa shape index (κ3) is 8.06. The first-order valence-electron chi connectivity index (χ1n) is 13.9. The molecule has 0 radical (unpaired) electrons. The van der Waals surface area contributed by atoms with Gasteiger partial charge in [-0.2, -0.15) is 0 Å². The molecule has 0 atom stereocenters. The number of rotatable bonds is 9. The van der Waals surface area contributed by atoms with Crippen LogP contribution in [0.3, 0.4) is 0 Å². The molecule has 3 aromatic rings. The maximum Gasteiger partial charge on any atom is 0.410 e. The molecule has 2 amide bonds. The number of pyridine rings is 1. The number of nitrogens with one attached hydrogen (secondary N) is 2. The van der Waals surface area contributed by atoms with Crippen LogP contribution in [0.5, 0.6) is 5.88 Å². The summed E-state index contributed by atoms with van der Waals surface area (Å²) in [5.74, 6) is 0.376. The van der Waals surface area contributed by atoms with Gasteiger partial charge in [-0.1, -0.05) is 0 Å². The van der Waals surface area contributed by atoms with E-state index in [4.69, 9.17) is 9.47 Å². The minimum atomic E-state index is -3.15. The van der Waals surface area contributed by atoms with E-state index in [2.05, 4.69) is 35.0 Å². The van der Waals surface area contributed by atoms with E-state index in [1.165, 1.54) is 12.4 Å². The monoisotopic (exact) mass is 618 g/mol. The van der Waals surface area contributed by atoms with Gasteiger partial charge in [-0.05, 0) is 65.7 Å². The van der Waals surface area contributed by atoms with Gasteiger partial charge in [0.2, 0.25) is 17.7 Å². The standard InChI is InChI=1S/C28H38N8O6S.2H2/c1-6-41-23-18-29-17-20(32-23)19-8-9-22(31-16-19)34-24(37)28(11-14-36(15-12-28)26(38)42-27(3,4)5)21-10-13-30-25(33-21)35-43(39,40)7-2;;/h8-10,13,16-18,39-40H,6-7,11-12,14-15H2,1-5H3,(H,30,33,35)(H,31,34,37);2*1H. The van der Waals surface area contributed by atoms with Crippen molar-refractivity contribution in [2.24, 2.45) is 0 Å². The van der Waals surface area contributed by atoms with E-state index in [0.717, 1.165) is 0 Å². The van der Waals surface area contributed by atoms with E-state index in [-0.39, 0.29) is 46.4 Å². The zero-order valence-electron chi connectivity index (χ0n) is 24.9. The number of carbonyl (C=O) groups excluding carboxylic acids is 2. The predicted octanol–water partition coefficient (Wildman–Crippen LogP) is 5.22. The molecule has 0 aromatic carbocycles. The Morgan fingerprint density at radius 3 is 2.44 bits per heavy atom. The molecule has 1 aliphatic rings. The molecule has 4 N–H and O–H groups in total. The molecule has 0 spiro atoms. The van der Waals surface area contributed by atoms with E-state index >= 15 is 0 Å². The molecule has 0 aliphatic carbocycles. The van der Waals surface area contributed by atoms with Crippen molar-refractivity contribution in [2.75, 3.05) is 35.5 Å². The lowest BCUT2D eigenvalue weighted by atomic mass is 9.74. The van der Waals surface area contributed by atoms with Crippen LogP contribution in [0.1, 0.15) is 56.0 Å². The Morgan fingerprint density at radius 1 is 1.07 bits per heavy atom. The van der Waals surface area contributed by atoms with Crippen LogP contribution in [0.25, 0.3) is 11.3 Å². The Kier molecular flexibility index (Phi) is 9.67. The van der Waals surface area contributed by atoms with Crippen molar-refractivity contribution in [3.05, 3.63) is 48.7 Å². The number of piperidine rings is 1. The number of ether oxygens (including phenoxy) is 2. The zero-order valence-corrected chi connectivity index (χ0v) is 25.7. The van der Waals surface area contributed by atoms with Gasteiger partial charge >= 0.3 is 6.09 Å². The molecule has 43 heavy (non-hydrogen) atoms. The maximum atomic E-state index is 14.0. The first-order valence-corrected chi connectivity index (χ1v) is 15.6. The van der Waals surface area contributed by atoms with E-state index in [1.807, 2.05) is 6.92 Å². The second kappa shape index (κ2) is 13.1. The van der Waals surface area contributed by atoms with Gasteiger partial charge < -0.3 is 19.7 Å². The number of hydrogen-bond donors (Lipinski definition) is 4. The Morgan fingerprint density at radius 2 is 1.81 bits per heavy atom. The van der Waals surface area contributed by atoms with E-state index in [9.17, 15) is 18.7 Å². The lowest BCUT2D eigenvalue weighted by molar-refractivity contribution is -0.123. The number of amides is 2. The van der Waals surface area contributed by atoms with Crippen LogP contribution in [-0.2, 0) is 14.9 Å². The van der Waals surface area contributed by atoms with Crippen molar-refractivity contribution in [3.63, 3.8) is 0 Å². The first-order chi connectivity index (χ1) is 20.3. The molecule has 4 rings (SSSR count). The molecular formula is C28H42N8O6S. The molecular weight excluding hydrogens is 576 g/mol. The summed E-state index contributed by atoms with van der Waals surface area (Å²) < 4.78 is 33.9. The molecule has 3 aromatic heterocycles. The summed E-state index contributed by atoms with van der Waals surface area (Å²) in [5, 5.41) is 2.90. The molecule has 1 saturated heterocycles. The van der Waals surface area contributed by atoms with Crippen LogP contribution in [-0.4, -0.2) is 82.0 Å². The first kappa shape index (κ1) is 31.8. The van der Waals surface area contributed by atoms with Gasteiger partial charge in [0.15, 0.2) is 0 Å². The summed E-state index contributed by atoms with van der Waals surface area (Å²) >= 11 is 0. The van der Waals surface area contributed by atoms with Crippen molar-refractivity contribution >= 4 is 34.5 Å². The Hall–Kier alpha value is -4.08. The molecule has 0 unspecified atom stereocenters. The largest absolute Gasteiger partial charge is 0.477 e. The normalized spacial score (nSPS) is 15.4. The summed E-state index contributed by atoms with van der Waals surface area (Å²) in [4.78, 5) is 50.0. The molecule has 4 heterocycles. The fourth-order valence-electron chi connectivity index (χ4n) is 4.45. The number of nitrogens with zero attached hydrogens (tertiary/aromatic N) is 6. The average Bonchev–Trinajstić information content (AvgIpc) is 2.97. The topological polar surface area (TPSA) is 185 Å². The second-order valence-corrected chi connectivity index (χ2v) is 13.0. The van der Waals surface area contributed by atoms with Crippen molar-refractivity contribution in [3.8, 4) is 17.1 Å². The van der Waals surface area contributed by atoms with Gasteiger partial charge in [0.05, 0.1) is 41.6 Å². The van der Waals surface area contributed by atoms with Gasteiger partial charge in [0.25, 0.3) is 0 Å². The smallest absolute Gasteiger partial charge is 0.410 e. The summed E-state index contributed by atoms with van der Waals surface area (Å²) in [6, 6.07) is 5.05. The van der Waals surface area contributed by atoms with Crippen molar-refractivity contribution in [1.82, 2.24) is 29.8 Å². The Bertz CT molecular complexity index is 1440. The molecule has 0 bridgehead atoms. The predicted molar refractivity (Wildman–Crippen MR) is 167 cm³/mol. The fourth-order valence-corrected chi connectivity index (χ4v) is 4.98. The van der Waals surface area contributed by atoms with Crippen molar-refractivity contribution < 1.29 is 31.0 Å². The lowest BCUT2D eigenvalue weighted by Gasteiger charge is -2.40. The number of hydrogen-bond acceptors (Lipinski definition) is 12. The molecule has 0 saturated carbocycles. The number of likely N-dealkylation sites (tertiary alicyclic amines) is 1. The highest BCUT2D eigenvalue weighted by atomic mass is 32.3. The van der Waals surface area contributed by atoms with Crippen LogP contribution < -0.4 is 14.8 Å². The number of carbonyl (C=O) groups is 2. The van der Waals surface area contributed by atoms with Crippen LogP contribution >= 0.6 is 10.8 Å². The molecule has 15 heteroatoms. The fraction of sp³-hybridized carbons (Fsp3) is 0.464. The van der Waals surface area contributed by atoms with E-state index < -0.39 is 27.9 Å². The van der Waals surface area contributed by atoms with Crippen LogP contribution in [0, 0.1) is 0 Å². The van der Waals surface area contributed by atoms with E-state index in [1.54, 1.807) is 63.2 Å². The third-order valence-electron chi connectivity index (χ3n) is 6.71. The van der Waals surface area contributed by atoms with Gasteiger partial charge in [0.1, 0.15) is 11.4 Å². The summed E-state index contributed by atoms with van der Waals surface area (Å²) in [6.45, 7) is 9.80. The number of anilines is 2. The molecule has 1 aliphatic heterocycles. The highest BCUT2D eigenvalue weighted by Gasteiger charge is 2.46. The van der Waals surface area contributed by atoms with Crippen molar-refractivity contribution in [2.45, 2.75) is 58.5 Å². The lowest BCUT2D eigenvalue weighted by Crippen LogP contribution is -2.52. The van der Waals surface area contributed by atoms with Gasteiger partial charge in [-0.25, -0.2) is 24.7 Å². The van der Waals surface area contributed by atoms with Gasteiger partial charge in [0, 0.05) is 33.9 Å². The summed E-state index contributed by atoms with van der Waals surface area (Å²) in [5.41, 5.74) is -0.204. The summed E-state index contributed by atoms with van der Waals surface area (Å²) in [7, 11) is -3.15. The summed E-state index contributed by atoms with van der Waals surface area (Å²) in [6.07, 6.45) is 6.16. The van der Waals surface area contributed by atoms with Crippen molar-refractivity contribution in [1.29, 1.82) is 0 Å². The molecule has 1 fully saturated rings. The quantitative estimate of drug-likeness (QED) is 0.245. The maximum absolute atomic E-state index is 14.0. The van der Waals surface area contributed by atoms with Crippen LogP contribution in [0.2, 0.25) is 0 Å². The number of aromatic nitrogens is 5.